The van der Waals surface area contributed by atoms with Gasteiger partial charge in [0, 0.05) is 39.3 Å². The first kappa shape index (κ1) is 26.3. The van der Waals surface area contributed by atoms with E-state index in [4.69, 9.17) is 10.5 Å². The van der Waals surface area contributed by atoms with Gasteiger partial charge in [-0.05, 0) is 55.0 Å². The summed E-state index contributed by atoms with van der Waals surface area (Å²) in [5, 5.41) is 3.51. The lowest BCUT2D eigenvalue weighted by molar-refractivity contribution is -0.119. The van der Waals surface area contributed by atoms with Gasteiger partial charge in [-0.2, -0.15) is 0 Å². The first-order valence-electron chi connectivity index (χ1n) is 11.9. The van der Waals surface area contributed by atoms with Gasteiger partial charge in [-0.3, -0.25) is 14.7 Å². The zero-order valence-corrected chi connectivity index (χ0v) is 22.2. The van der Waals surface area contributed by atoms with E-state index in [0.29, 0.717) is 24.3 Å². The molecule has 3 N–H and O–H groups in total. The number of nitrogens with two attached hydrogens (primary N) is 1. The first-order chi connectivity index (χ1) is 16.1. The van der Waals surface area contributed by atoms with Gasteiger partial charge in [-0.15, -0.1) is 24.0 Å². The second kappa shape index (κ2) is 12.9. The summed E-state index contributed by atoms with van der Waals surface area (Å²) in [7, 11) is 1.85. The smallest absolute Gasteiger partial charge is 0.255 e. The van der Waals surface area contributed by atoms with Crippen LogP contribution < -0.4 is 15.8 Å². The molecule has 8 heteroatoms. The van der Waals surface area contributed by atoms with E-state index in [2.05, 4.69) is 50.4 Å². The molecule has 0 bridgehead atoms. The highest BCUT2D eigenvalue weighted by Gasteiger charge is 2.36. The Labute approximate surface area is 219 Å². The van der Waals surface area contributed by atoms with Crippen LogP contribution in [0.3, 0.4) is 0 Å². The molecule has 2 unspecified atom stereocenters. The molecule has 2 fully saturated rings. The fourth-order valence-electron chi connectivity index (χ4n) is 5.13. The van der Waals surface area contributed by atoms with Crippen molar-refractivity contribution in [2.45, 2.75) is 38.4 Å². The van der Waals surface area contributed by atoms with Crippen molar-refractivity contribution >= 4 is 35.8 Å². The van der Waals surface area contributed by atoms with E-state index < -0.39 is 5.91 Å². The number of hydrogen-bond donors (Lipinski definition) is 2. The molecule has 7 nitrogen and oxygen atoms in total. The van der Waals surface area contributed by atoms with Crippen LogP contribution in [0.5, 0.6) is 5.75 Å². The molecular formula is C26H36IN5O2. The average molecular weight is 578 g/mol. The number of likely N-dealkylation sites (tertiary alicyclic amines) is 2. The molecule has 2 aromatic carbocycles. The highest BCUT2D eigenvalue weighted by atomic mass is 127. The quantitative estimate of drug-likeness (QED) is 0.300. The van der Waals surface area contributed by atoms with Gasteiger partial charge in [0.15, 0.2) is 12.6 Å². The maximum Gasteiger partial charge on any atom is 0.255 e. The molecule has 2 saturated heterocycles. The van der Waals surface area contributed by atoms with Gasteiger partial charge in [0.2, 0.25) is 0 Å². The monoisotopic (exact) mass is 577 g/mol. The number of amides is 1. The minimum absolute atomic E-state index is 0. The third-order valence-electron chi connectivity index (χ3n) is 6.65. The number of nitrogens with zero attached hydrogens (tertiary/aromatic N) is 3. The Bertz CT molecular complexity index is 955. The van der Waals surface area contributed by atoms with Crippen LogP contribution in [-0.4, -0.2) is 61.0 Å². The Morgan fingerprint density at radius 2 is 1.91 bits per heavy atom. The fraction of sp³-hybridized carbons (Fsp3) is 0.462. The van der Waals surface area contributed by atoms with Crippen molar-refractivity contribution in [2.75, 3.05) is 33.3 Å². The number of guanidine groups is 1. The van der Waals surface area contributed by atoms with E-state index in [1.54, 1.807) is 0 Å². The molecular weight excluding hydrogens is 541 g/mol. The molecule has 0 spiro atoms. The number of fused-ring (bicyclic) bond motifs is 1. The number of halogens is 1. The Balaban J connectivity index is 0.00000324. The van der Waals surface area contributed by atoms with E-state index in [9.17, 15) is 4.79 Å². The van der Waals surface area contributed by atoms with Crippen LogP contribution in [0.1, 0.15) is 30.4 Å². The van der Waals surface area contributed by atoms with Crippen molar-refractivity contribution in [3.05, 3.63) is 65.7 Å². The van der Waals surface area contributed by atoms with Crippen molar-refractivity contribution in [1.29, 1.82) is 0 Å². The Hall–Kier alpha value is -2.33. The van der Waals surface area contributed by atoms with Gasteiger partial charge in [0.1, 0.15) is 5.75 Å². The summed E-state index contributed by atoms with van der Waals surface area (Å²) >= 11 is 0. The zero-order valence-electron chi connectivity index (χ0n) is 19.9. The molecule has 2 aliphatic heterocycles. The lowest BCUT2D eigenvalue weighted by atomic mass is 9.83. The van der Waals surface area contributed by atoms with Gasteiger partial charge < -0.3 is 20.7 Å². The van der Waals surface area contributed by atoms with Gasteiger partial charge in [0.05, 0.1) is 0 Å². The number of benzene rings is 2. The van der Waals surface area contributed by atoms with Crippen LogP contribution in [0.25, 0.3) is 0 Å². The Kier molecular flexibility index (Phi) is 10.0. The summed E-state index contributed by atoms with van der Waals surface area (Å²) in [5.74, 6) is 1.77. The van der Waals surface area contributed by atoms with Gasteiger partial charge in [-0.1, -0.05) is 42.5 Å². The Morgan fingerprint density at radius 3 is 2.68 bits per heavy atom. The summed E-state index contributed by atoms with van der Waals surface area (Å²) in [6, 6.07) is 19.2. The molecule has 0 aromatic heterocycles. The lowest BCUT2D eigenvalue weighted by Gasteiger charge is -2.48. The van der Waals surface area contributed by atoms with Crippen LogP contribution >= 0.6 is 24.0 Å². The van der Waals surface area contributed by atoms with Crippen molar-refractivity contribution < 1.29 is 9.53 Å². The van der Waals surface area contributed by atoms with Crippen LogP contribution in [0.15, 0.2) is 59.6 Å². The molecule has 1 amide bonds. The van der Waals surface area contributed by atoms with E-state index in [1.807, 2.05) is 31.3 Å². The van der Waals surface area contributed by atoms with Crippen molar-refractivity contribution in [1.82, 2.24) is 15.1 Å². The number of carbonyl (C=O) groups is 1. The topological polar surface area (TPSA) is 83.2 Å². The minimum atomic E-state index is -0.479. The predicted molar refractivity (Wildman–Crippen MR) is 146 cm³/mol. The maximum absolute atomic E-state index is 11.0. The number of hydrogen-bond acceptors (Lipinski definition) is 4. The number of piperidine rings is 2. The second-order valence-corrected chi connectivity index (χ2v) is 8.96. The molecule has 34 heavy (non-hydrogen) atoms. The molecule has 184 valence electrons. The molecule has 0 aliphatic carbocycles. The highest BCUT2D eigenvalue weighted by Crippen LogP contribution is 2.31. The maximum atomic E-state index is 11.0. The summed E-state index contributed by atoms with van der Waals surface area (Å²) < 4.78 is 5.42. The van der Waals surface area contributed by atoms with Gasteiger partial charge >= 0.3 is 0 Å². The fourth-order valence-corrected chi connectivity index (χ4v) is 5.13. The van der Waals surface area contributed by atoms with Crippen molar-refractivity contribution in [3.8, 4) is 5.75 Å². The molecule has 0 saturated carbocycles. The number of primary amides is 1. The van der Waals surface area contributed by atoms with Crippen LogP contribution in [0.4, 0.5) is 0 Å². The summed E-state index contributed by atoms with van der Waals surface area (Å²) in [4.78, 5) is 20.6. The molecule has 2 atom stereocenters. The largest absolute Gasteiger partial charge is 0.484 e. The minimum Gasteiger partial charge on any atom is -0.484 e. The normalized spacial score (nSPS) is 20.7. The highest BCUT2D eigenvalue weighted by molar-refractivity contribution is 14.0. The first-order valence-corrected chi connectivity index (χ1v) is 11.9. The van der Waals surface area contributed by atoms with Crippen LogP contribution in [0, 0.1) is 5.92 Å². The summed E-state index contributed by atoms with van der Waals surface area (Å²) in [5.41, 5.74) is 7.64. The lowest BCUT2D eigenvalue weighted by Crippen LogP contribution is -2.56. The Morgan fingerprint density at radius 1 is 1.12 bits per heavy atom. The van der Waals surface area contributed by atoms with Crippen molar-refractivity contribution in [2.24, 2.45) is 16.6 Å². The number of nitrogens with one attached hydrogen (secondary N) is 1. The number of carbonyl (C=O) groups excluding carboxylic acids is 1. The molecule has 4 rings (SSSR count). The third-order valence-corrected chi connectivity index (χ3v) is 6.65. The van der Waals surface area contributed by atoms with E-state index in [0.717, 1.165) is 37.6 Å². The summed E-state index contributed by atoms with van der Waals surface area (Å²) in [6.45, 7) is 4.81. The SMILES string of the molecule is CN=C(NCc1cccc(OCC(N)=O)c1)N1CCC2C(CCCN2Cc2ccccc2)C1.I. The van der Waals surface area contributed by atoms with Crippen LogP contribution in [-0.2, 0) is 17.9 Å². The molecule has 2 aromatic rings. The number of aliphatic imine (C=N–C) groups is 1. The molecule has 2 aliphatic rings. The van der Waals surface area contributed by atoms with Crippen LogP contribution in [0.2, 0.25) is 0 Å². The average Bonchev–Trinajstić information content (AvgIpc) is 2.84. The summed E-state index contributed by atoms with van der Waals surface area (Å²) in [6.07, 6.45) is 3.70. The van der Waals surface area contributed by atoms with Gasteiger partial charge in [0.25, 0.3) is 5.91 Å². The molecule has 2 heterocycles. The standard InChI is InChI=1S/C26H35N5O2.HI/c1-28-26(29-16-21-9-5-11-23(15-21)33-19-25(27)32)31-14-12-24-22(18-31)10-6-13-30(24)17-20-7-3-2-4-8-20;/h2-5,7-9,11,15,22,24H,6,10,12-14,16-19H2,1H3,(H2,27,32)(H,28,29);1H. The van der Waals surface area contributed by atoms with E-state index in [1.165, 1.54) is 24.9 Å². The van der Waals surface area contributed by atoms with Gasteiger partial charge in [-0.25, -0.2) is 0 Å². The predicted octanol–water partition coefficient (Wildman–Crippen LogP) is 3.23. The zero-order chi connectivity index (χ0) is 23.0. The van der Waals surface area contributed by atoms with E-state index in [-0.39, 0.29) is 30.6 Å². The van der Waals surface area contributed by atoms with Crippen molar-refractivity contribution in [3.63, 3.8) is 0 Å². The second-order valence-electron chi connectivity index (χ2n) is 8.96. The molecule has 0 radical (unpaired) electrons. The third kappa shape index (κ3) is 7.09. The van der Waals surface area contributed by atoms with E-state index >= 15 is 0 Å². The number of rotatable bonds is 7. The number of ether oxygens (including phenoxy) is 1.